The van der Waals surface area contributed by atoms with Gasteiger partial charge < -0.3 is 0 Å². The quantitative estimate of drug-likeness (QED) is 0.462. The Kier molecular flexibility index (Phi) is 6.70. The molecule has 25 heavy (non-hydrogen) atoms. The highest BCUT2D eigenvalue weighted by atomic mass is 79.9. The summed E-state index contributed by atoms with van der Waals surface area (Å²) in [7, 11) is 0. The smallest absolute Gasteiger partial charge is 0.132 e. The predicted molar refractivity (Wildman–Crippen MR) is 108 cm³/mol. The molecule has 0 unspecified atom stereocenters. The summed E-state index contributed by atoms with van der Waals surface area (Å²) in [5, 5.41) is 0. The molecule has 0 radical (unpaired) electrons. The molecule has 2 aromatic carbocycles. The third kappa shape index (κ3) is 5.17. The zero-order valence-corrected chi connectivity index (χ0v) is 16.7. The molecule has 1 saturated carbocycles. The third-order valence-electron chi connectivity index (χ3n) is 5.70. The van der Waals surface area contributed by atoms with E-state index in [9.17, 15) is 4.39 Å². The molecule has 0 nitrogen and oxygen atoms in total. The molecule has 0 N–H and O–H groups in total. The third-order valence-corrected chi connectivity index (χ3v) is 6.19. The fourth-order valence-electron chi connectivity index (χ4n) is 4.16. The molecule has 0 heterocycles. The molecule has 0 aliphatic heterocycles. The van der Waals surface area contributed by atoms with Crippen molar-refractivity contribution in [3.8, 4) is 11.1 Å². The Morgan fingerprint density at radius 2 is 1.56 bits per heavy atom. The Bertz CT molecular complexity index is 669. The van der Waals surface area contributed by atoms with Gasteiger partial charge in [-0.1, -0.05) is 91.7 Å². The molecule has 0 spiro atoms. The van der Waals surface area contributed by atoms with E-state index >= 15 is 0 Å². The number of hydrogen-bond acceptors (Lipinski definition) is 0. The van der Waals surface area contributed by atoms with Gasteiger partial charge in [-0.25, -0.2) is 4.39 Å². The van der Waals surface area contributed by atoms with Crippen molar-refractivity contribution in [2.24, 2.45) is 11.8 Å². The number of rotatable bonds is 6. The average Bonchev–Trinajstić information content (AvgIpc) is 2.62. The van der Waals surface area contributed by atoms with E-state index in [1.807, 2.05) is 12.1 Å². The summed E-state index contributed by atoms with van der Waals surface area (Å²) >= 11 is 3.31. The highest BCUT2D eigenvalue weighted by molar-refractivity contribution is 9.10. The molecule has 2 heteroatoms. The van der Waals surface area contributed by atoms with Gasteiger partial charge in [-0.3, -0.25) is 0 Å². The summed E-state index contributed by atoms with van der Waals surface area (Å²) in [6.07, 6.45) is 10.9. The molecule has 2 aromatic rings. The van der Waals surface area contributed by atoms with Gasteiger partial charge in [0.15, 0.2) is 0 Å². The number of aryl methyl sites for hydroxylation is 1. The van der Waals surface area contributed by atoms with Crippen LogP contribution >= 0.6 is 15.9 Å². The van der Waals surface area contributed by atoms with Crippen LogP contribution in [0.25, 0.3) is 11.1 Å². The highest BCUT2D eigenvalue weighted by Crippen LogP contribution is 2.34. The van der Waals surface area contributed by atoms with Crippen molar-refractivity contribution < 1.29 is 4.39 Å². The average molecular weight is 403 g/mol. The Morgan fingerprint density at radius 1 is 0.920 bits per heavy atom. The SMILES string of the molecule is CCCC1CCC(CCc2ccc(-c3ccc(Br)cc3F)cc2)CC1. The maximum absolute atomic E-state index is 14.1. The Balaban J connectivity index is 1.53. The van der Waals surface area contributed by atoms with Gasteiger partial charge in [-0.2, -0.15) is 0 Å². The van der Waals surface area contributed by atoms with Crippen LogP contribution in [0.15, 0.2) is 46.9 Å². The van der Waals surface area contributed by atoms with E-state index in [0.717, 1.165) is 28.3 Å². The largest absolute Gasteiger partial charge is 0.206 e. The number of hydrogen-bond donors (Lipinski definition) is 0. The standard InChI is InChI=1S/C23H28BrF/c1-2-3-17-4-6-18(7-5-17)8-9-19-10-12-20(13-11-19)22-15-14-21(24)16-23(22)25/h10-18H,2-9H2,1H3. The van der Waals surface area contributed by atoms with Gasteiger partial charge in [-0.15, -0.1) is 0 Å². The maximum Gasteiger partial charge on any atom is 0.132 e. The van der Waals surface area contributed by atoms with Gasteiger partial charge in [0, 0.05) is 10.0 Å². The molecular formula is C23H28BrF. The summed E-state index contributed by atoms with van der Waals surface area (Å²) in [5.74, 6) is 1.71. The lowest BCUT2D eigenvalue weighted by molar-refractivity contribution is 0.252. The summed E-state index contributed by atoms with van der Waals surface area (Å²) in [5.41, 5.74) is 3.00. The van der Waals surface area contributed by atoms with Crippen molar-refractivity contribution in [1.82, 2.24) is 0 Å². The number of benzene rings is 2. The molecule has 0 amide bonds. The van der Waals surface area contributed by atoms with Crippen LogP contribution in [0.3, 0.4) is 0 Å². The van der Waals surface area contributed by atoms with E-state index < -0.39 is 0 Å². The minimum atomic E-state index is -0.175. The summed E-state index contributed by atoms with van der Waals surface area (Å²) in [4.78, 5) is 0. The molecule has 0 bridgehead atoms. The molecule has 134 valence electrons. The molecule has 0 saturated heterocycles. The zero-order valence-electron chi connectivity index (χ0n) is 15.1. The first-order valence-electron chi connectivity index (χ1n) is 9.70. The molecular weight excluding hydrogens is 375 g/mol. The monoisotopic (exact) mass is 402 g/mol. The van der Waals surface area contributed by atoms with Crippen LogP contribution in [-0.2, 0) is 6.42 Å². The van der Waals surface area contributed by atoms with Crippen molar-refractivity contribution in [2.45, 2.75) is 58.3 Å². The van der Waals surface area contributed by atoms with E-state index in [0.29, 0.717) is 5.56 Å². The lowest BCUT2D eigenvalue weighted by atomic mass is 9.78. The fraction of sp³-hybridized carbons (Fsp3) is 0.478. The second-order valence-electron chi connectivity index (χ2n) is 7.54. The summed E-state index contributed by atoms with van der Waals surface area (Å²) in [6, 6.07) is 13.7. The topological polar surface area (TPSA) is 0 Å². The zero-order chi connectivity index (χ0) is 17.6. The predicted octanol–water partition coefficient (Wildman–Crippen LogP) is 7.79. The maximum atomic E-state index is 14.1. The first-order valence-corrected chi connectivity index (χ1v) is 10.5. The minimum Gasteiger partial charge on any atom is -0.206 e. The Labute approximate surface area is 160 Å². The van der Waals surface area contributed by atoms with Gasteiger partial charge in [0.25, 0.3) is 0 Å². The lowest BCUT2D eigenvalue weighted by Crippen LogP contribution is -2.15. The van der Waals surface area contributed by atoms with Crippen LogP contribution in [0, 0.1) is 17.7 Å². The second kappa shape index (κ2) is 8.98. The van der Waals surface area contributed by atoms with Crippen molar-refractivity contribution in [2.75, 3.05) is 0 Å². The van der Waals surface area contributed by atoms with E-state index in [1.165, 1.54) is 56.6 Å². The van der Waals surface area contributed by atoms with Crippen LogP contribution in [0.5, 0.6) is 0 Å². The van der Waals surface area contributed by atoms with E-state index in [2.05, 4.69) is 47.1 Å². The van der Waals surface area contributed by atoms with Gasteiger partial charge >= 0.3 is 0 Å². The fourth-order valence-corrected chi connectivity index (χ4v) is 4.50. The first kappa shape index (κ1) is 18.6. The minimum absolute atomic E-state index is 0.175. The molecule has 1 aliphatic carbocycles. The van der Waals surface area contributed by atoms with Gasteiger partial charge in [-0.05, 0) is 47.9 Å². The van der Waals surface area contributed by atoms with Gasteiger partial charge in [0.2, 0.25) is 0 Å². The normalized spacial score (nSPS) is 20.6. The molecule has 0 atom stereocenters. The molecule has 3 rings (SSSR count). The highest BCUT2D eigenvalue weighted by Gasteiger charge is 2.20. The lowest BCUT2D eigenvalue weighted by Gasteiger charge is -2.28. The van der Waals surface area contributed by atoms with Crippen molar-refractivity contribution in [1.29, 1.82) is 0 Å². The van der Waals surface area contributed by atoms with E-state index in [-0.39, 0.29) is 5.82 Å². The van der Waals surface area contributed by atoms with Crippen LogP contribution in [0.2, 0.25) is 0 Å². The van der Waals surface area contributed by atoms with Gasteiger partial charge in [0.1, 0.15) is 5.82 Å². The Morgan fingerprint density at radius 3 is 2.16 bits per heavy atom. The summed E-state index contributed by atoms with van der Waals surface area (Å²) in [6.45, 7) is 2.30. The van der Waals surface area contributed by atoms with E-state index in [4.69, 9.17) is 0 Å². The van der Waals surface area contributed by atoms with Crippen LogP contribution in [0.4, 0.5) is 4.39 Å². The molecule has 0 aromatic heterocycles. The van der Waals surface area contributed by atoms with Gasteiger partial charge in [0.05, 0.1) is 0 Å². The first-order chi connectivity index (χ1) is 12.2. The number of halogens is 2. The Hall–Kier alpha value is -1.15. The van der Waals surface area contributed by atoms with E-state index in [1.54, 1.807) is 0 Å². The summed E-state index contributed by atoms with van der Waals surface area (Å²) < 4.78 is 14.9. The van der Waals surface area contributed by atoms with Crippen molar-refractivity contribution >= 4 is 15.9 Å². The second-order valence-corrected chi connectivity index (χ2v) is 8.45. The van der Waals surface area contributed by atoms with Crippen molar-refractivity contribution in [3.05, 3.63) is 58.3 Å². The molecule has 1 fully saturated rings. The van der Waals surface area contributed by atoms with Crippen LogP contribution in [-0.4, -0.2) is 0 Å². The molecule has 1 aliphatic rings. The van der Waals surface area contributed by atoms with Crippen LogP contribution < -0.4 is 0 Å². The van der Waals surface area contributed by atoms with Crippen molar-refractivity contribution in [3.63, 3.8) is 0 Å². The van der Waals surface area contributed by atoms with Crippen LogP contribution in [0.1, 0.15) is 57.4 Å².